The van der Waals surface area contributed by atoms with Crippen molar-refractivity contribution in [2.24, 2.45) is 5.92 Å². The van der Waals surface area contributed by atoms with E-state index in [4.69, 9.17) is 9.15 Å². The second-order valence-electron chi connectivity index (χ2n) is 6.81. The molecule has 116 valence electrons. The molecule has 1 aromatic heterocycles. The predicted octanol–water partition coefficient (Wildman–Crippen LogP) is 4.43. The van der Waals surface area contributed by atoms with Crippen LogP contribution >= 0.6 is 0 Å². The van der Waals surface area contributed by atoms with Crippen LogP contribution in [0.5, 0.6) is 0 Å². The third kappa shape index (κ3) is 6.58. The highest BCUT2D eigenvalue weighted by molar-refractivity contribution is 5.20. The zero-order valence-electron chi connectivity index (χ0n) is 14.0. The lowest BCUT2D eigenvalue weighted by molar-refractivity contribution is 0.0886. The zero-order chi connectivity index (χ0) is 15.2. The molecule has 1 heterocycles. The van der Waals surface area contributed by atoms with Crippen LogP contribution in [0.25, 0.3) is 0 Å². The maximum Gasteiger partial charge on any atom is 0.118 e. The Morgan fingerprint density at radius 3 is 2.65 bits per heavy atom. The van der Waals surface area contributed by atoms with E-state index in [2.05, 4.69) is 46.0 Å². The molecule has 0 saturated carbocycles. The standard InChI is InChI=1S/C17H31NO2/c1-7-8-13(2)11-19-12-15-9-16(20-14(15)3)10-18-17(4,5)6/h9,13,18H,7-8,10-12H2,1-6H3. The molecule has 0 saturated heterocycles. The Bertz CT molecular complexity index is 390. The maximum absolute atomic E-state index is 5.79. The summed E-state index contributed by atoms with van der Waals surface area (Å²) in [5, 5.41) is 3.44. The van der Waals surface area contributed by atoms with Gasteiger partial charge < -0.3 is 14.5 Å². The second-order valence-corrected chi connectivity index (χ2v) is 6.81. The summed E-state index contributed by atoms with van der Waals surface area (Å²) in [6.45, 7) is 15.2. The molecule has 1 atom stereocenters. The van der Waals surface area contributed by atoms with Crippen LogP contribution in [0, 0.1) is 12.8 Å². The van der Waals surface area contributed by atoms with Crippen LogP contribution in [0.3, 0.4) is 0 Å². The first-order valence-electron chi connectivity index (χ1n) is 7.72. The number of nitrogens with one attached hydrogen (secondary N) is 1. The highest BCUT2D eigenvalue weighted by Crippen LogP contribution is 2.17. The summed E-state index contributed by atoms with van der Waals surface area (Å²) >= 11 is 0. The van der Waals surface area contributed by atoms with Crippen LogP contribution in [0.2, 0.25) is 0 Å². The van der Waals surface area contributed by atoms with Crippen LogP contribution in [0.15, 0.2) is 10.5 Å². The summed E-state index contributed by atoms with van der Waals surface area (Å²) in [5.41, 5.74) is 1.27. The van der Waals surface area contributed by atoms with Crippen molar-refractivity contribution < 1.29 is 9.15 Å². The van der Waals surface area contributed by atoms with Crippen LogP contribution in [-0.2, 0) is 17.9 Å². The van der Waals surface area contributed by atoms with Gasteiger partial charge in [0.15, 0.2) is 0 Å². The lowest BCUT2D eigenvalue weighted by atomic mass is 10.1. The Balaban J connectivity index is 2.41. The normalized spacial score (nSPS) is 13.7. The molecule has 1 aromatic rings. The van der Waals surface area contributed by atoms with Gasteiger partial charge in [-0.25, -0.2) is 0 Å². The summed E-state index contributed by atoms with van der Waals surface area (Å²) in [7, 11) is 0. The van der Waals surface area contributed by atoms with Gasteiger partial charge in [0, 0.05) is 17.7 Å². The third-order valence-corrected chi connectivity index (χ3v) is 3.31. The quantitative estimate of drug-likeness (QED) is 0.765. The first-order chi connectivity index (χ1) is 9.31. The van der Waals surface area contributed by atoms with Gasteiger partial charge in [-0.05, 0) is 46.1 Å². The molecule has 0 aliphatic carbocycles. The van der Waals surface area contributed by atoms with Gasteiger partial charge in [-0.3, -0.25) is 0 Å². The fraction of sp³-hybridized carbons (Fsp3) is 0.765. The molecular weight excluding hydrogens is 250 g/mol. The highest BCUT2D eigenvalue weighted by atomic mass is 16.5. The lowest BCUT2D eigenvalue weighted by Crippen LogP contribution is -2.34. The molecule has 3 heteroatoms. The van der Waals surface area contributed by atoms with Crippen molar-refractivity contribution >= 4 is 0 Å². The monoisotopic (exact) mass is 281 g/mol. The first-order valence-corrected chi connectivity index (χ1v) is 7.72. The number of furan rings is 1. The zero-order valence-corrected chi connectivity index (χ0v) is 14.0. The summed E-state index contributed by atoms with van der Waals surface area (Å²) in [5.74, 6) is 2.59. The van der Waals surface area contributed by atoms with Gasteiger partial charge in [-0.2, -0.15) is 0 Å². The maximum atomic E-state index is 5.79. The van der Waals surface area contributed by atoms with Crippen molar-refractivity contribution in [2.75, 3.05) is 6.61 Å². The molecular formula is C17H31NO2. The van der Waals surface area contributed by atoms with E-state index in [0.29, 0.717) is 12.5 Å². The van der Waals surface area contributed by atoms with Crippen molar-refractivity contribution in [3.05, 3.63) is 23.2 Å². The van der Waals surface area contributed by atoms with E-state index >= 15 is 0 Å². The number of rotatable bonds is 8. The van der Waals surface area contributed by atoms with Gasteiger partial charge in [0.2, 0.25) is 0 Å². The number of ether oxygens (including phenoxy) is 1. The summed E-state index contributed by atoms with van der Waals surface area (Å²) < 4.78 is 11.6. The predicted molar refractivity (Wildman–Crippen MR) is 83.8 cm³/mol. The molecule has 0 radical (unpaired) electrons. The largest absolute Gasteiger partial charge is 0.465 e. The molecule has 1 N–H and O–H groups in total. The topological polar surface area (TPSA) is 34.4 Å². The Hall–Kier alpha value is -0.800. The third-order valence-electron chi connectivity index (χ3n) is 3.31. The van der Waals surface area contributed by atoms with E-state index in [9.17, 15) is 0 Å². The SMILES string of the molecule is CCCC(C)COCc1cc(CNC(C)(C)C)oc1C. The van der Waals surface area contributed by atoms with Gasteiger partial charge in [0.1, 0.15) is 11.5 Å². The van der Waals surface area contributed by atoms with E-state index in [0.717, 1.165) is 24.7 Å². The first kappa shape index (κ1) is 17.3. The van der Waals surface area contributed by atoms with E-state index in [1.165, 1.54) is 18.4 Å². The lowest BCUT2D eigenvalue weighted by Gasteiger charge is -2.19. The summed E-state index contributed by atoms with van der Waals surface area (Å²) in [6.07, 6.45) is 2.45. The van der Waals surface area contributed by atoms with E-state index in [-0.39, 0.29) is 5.54 Å². The van der Waals surface area contributed by atoms with Crippen LogP contribution in [0.1, 0.15) is 64.5 Å². The molecule has 3 nitrogen and oxygen atoms in total. The molecule has 0 fully saturated rings. The Labute approximate surface area is 124 Å². The minimum atomic E-state index is 0.104. The Morgan fingerprint density at radius 1 is 1.35 bits per heavy atom. The molecule has 0 aliphatic rings. The minimum absolute atomic E-state index is 0.104. The number of hydrogen-bond acceptors (Lipinski definition) is 3. The van der Waals surface area contributed by atoms with Gasteiger partial charge >= 0.3 is 0 Å². The molecule has 0 spiro atoms. The van der Waals surface area contributed by atoms with Gasteiger partial charge in [0.25, 0.3) is 0 Å². The molecule has 1 unspecified atom stereocenters. The molecule has 20 heavy (non-hydrogen) atoms. The number of aryl methyl sites for hydroxylation is 1. The van der Waals surface area contributed by atoms with Crippen molar-refractivity contribution in [3.63, 3.8) is 0 Å². The molecule has 1 rings (SSSR count). The minimum Gasteiger partial charge on any atom is -0.465 e. The Morgan fingerprint density at radius 2 is 2.05 bits per heavy atom. The fourth-order valence-corrected chi connectivity index (χ4v) is 2.12. The van der Waals surface area contributed by atoms with Crippen molar-refractivity contribution in [1.82, 2.24) is 5.32 Å². The van der Waals surface area contributed by atoms with E-state index in [1.54, 1.807) is 0 Å². The highest BCUT2D eigenvalue weighted by Gasteiger charge is 2.12. The van der Waals surface area contributed by atoms with Crippen LogP contribution in [-0.4, -0.2) is 12.1 Å². The van der Waals surface area contributed by atoms with E-state index < -0.39 is 0 Å². The molecule has 0 bridgehead atoms. The average molecular weight is 281 g/mol. The molecule has 0 aromatic carbocycles. The Kier molecular flexibility index (Phi) is 6.77. The average Bonchev–Trinajstić information content (AvgIpc) is 2.67. The van der Waals surface area contributed by atoms with Gasteiger partial charge in [-0.15, -0.1) is 0 Å². The summed E-state index contributed by atoms with van der Waals surface area (Å²) in [6, 6.07) is 2.11. The number of hydrogen-bond donors (Lipinski definition) is 1. The van der Waals surface area contributed by atoms with Crippen LogP contribution in [0.4, 0.5) is 0 Å². The summed E-state index contributed by atoms with van der Waals surface area (Å²) in [4.78, 5) is 0. The fourth-order valence-electron chi connectivity index (χ4n) is 2.12. The van der Waals surface area contributed by atoms with Crippen molar-refractivity contribution in [3.8, 4) is 0 Å². The second kappa shape index (κ2) is 7.84. The van der Waals surface area contributed by atoms with Crippen molar-refractivity contribution in [1.29, 1.82) is 0 Å². The molecule has 0 amide bonds. The van der Waals surface area contributed by atoms with Crippen molar-refractivity contribution in [2.45, 2.75) is 73.1 Å². The van der Waals surface area contributed by atoms with Gasteiger partial charge in [-0.1, -0.05) is 20.3 Å². The smallest absolute Gasteiger partial charge is 0.118 e. The van der Waals surface area contributed by atoms with Gasteiger partial charge in [0.05, 0.1) is 13.2 Å². The van der Waals surface area contributed by atoms with Crippen LogP contribution < -0.4 is 5.32 Å². The van der Waals surface area contributed by atoms with E-state index in [1.807, 2.05) is 6.92 Å². The molecule has 0 aliphatic heterocycles.